The van der Waals surface area contributed by atoms with E-state index < -0.39 is 0 Å². The Kier molecular flexibility index (Phi) is 435. The van der Waals surface area contributed by atoms with Crippen LogP contribution in [0.2, 0.25) is 0 Å². The summed E-state index contributed by atoms with van der Waals surface area (Å²) in [5, 5.41) is 0. The van der Waals surface area contributed by atoms with Gasteiger partial charge < -0.3 is 6.90 Å². The molecule has 0 aromatic carbocycles. The second-order valence-electron chi connectivity index (χ2n) is 0. The zero-order valence-electron chi connectivity index (χ0n) is 3.55. The first-order chi connectivity index (χ1) is 0. The average Bonchev–Trinajstić information content (AvgIpc) is 0. The van der Waals surface area contributed by atoms with Crippen LogP contribution in [0.4, 0.5) is 0 Å². The van der Waals surface area contributed by atoms with Gasteiger partial charge in [-0.2, -0.15) is 0 Å². The van der Waals surface area contributed by atoms with Crippen LogP contribution in [0, 0.1) is 0 Å². The molecule has 5 heteroatoms. The largest absolute Gasteiger partial charge is 1.00 e. The zero-order valence-corrected chi connectivity index (χ0v) is 5.82. The van der Waals surface area contributed by atoms with E-state index in [4.69, 9.17) is 0 Å². The molecule has 1 radical (unpaired) electrons. The molecule has 0 rings (SSSR count). The van der Waals surface area contributed by atoms with Crippen LogP contribution < -0.4 is 18.9 Å². The van der Waals surface area contributed by atoms with Crippen LogP contribution in [0.15, 0.2) is 0 Å². The molecule has 0 aliphatic rings. The molecule has 0 amide bonds. The van der Waals surface area contributed by atoms with Crippen LogP contribution in [0.3, 0.4) is 0 Å². The Morgan fingerprint density at radius 3 is 1.20 bits per heavy atom. The van der Waals surface area contributed by atoms with Crippen LogP contribution >= 0.6 is 0 Å². The van der Waals surface area contributed by atoms with Gasteiger partial charge in [-0.1, -0.05) is 0 Å². The van der Waals surface area contributed by atoms with E-state index in [0.29, 0.717) is 0 Å². The maximum Gasteiger partial charge on any atom is 1.00 e. The van der Waals surface area contributed by atoms with Gasteiger partial charge in [0, 0.05) is 50.6 Å². The van der Waals surface area contributed by atoms with Crippen molar-refractivity contribution in [2.24, 2.45) is 0 Å². The second kappa shape index (κ2) is 36.1. The molecule has 0 spiro atoms. The molecule has 0 unspecified atom stereocenters. The molecule has 0 aliphatic heterocycles. The third kappa shape index (κ3) is 23.3. The van der Waals surface area contributed by atoms with E-state index in [0.717, 1.165) is 0 Å². The molecule has 1 nitrogen and oxygen atoms in total. The molecule has 0 aromatic rings. The molecular formula is H3FeLiMnNiO. The van der Waals surface area contributed by atoms with Gasteiger partial charge >= 0.3 is 18.9 Å². The monoisotopic (exact) mass is 195 g/mol. The van der Waals surface area contributed by atoms with Gasteiger partial charge in [0.05, 0.1) is 0 Å². The molecule has 2 N–H and O–H groups in total. The summed E-state index contributed by atoms with van der Waals surface area (Å²) in [5.74, 6) is 0. The molecule has 0 atom stereocenters. The maximum atomic E-state index is 0. The normalized spacial score (nSPS) is 0. The van der Waals surface area contributed by atoms with Crippen molar-refractivity contribution in [3.8, 4) is 0 Å². The molecule has 35 valence electrons. The predicted molar refractivity (Wildman–Crippen MR) is 4.73 cm³/mol. The fourth-order valence-corrected chi connectivity index (χ4v) is 0. The summed E-state index contributed by atoms with van der Waals surface area (Å²) in [6.45, 7) is 0. The van der Waals surface area contributed by atoms with Gasteiger partial charge in [-0.15, -0.1) is 0 Å². The Hall–Kier alpha value is 2.09. The summed E-state index contributed by atoms with van der Waals surface area (Å²) >= 11 is 0. The van der Waals surface area contributed by atoms with Crippen LogP contribution in [0.25, 0.3) is 0 Å². The fraction of sp³-hybridized carbons (Fsp3) is 0. The second-order valence-corrected chi connectivity index (χ2v) is 0. The van der Waals surface area contributed by atoms with E-state index in [9.17, 15) is 0 Å². The summed E-state index contributed by atoms with van der Waals surface area (Å²) in [4.78, 5) is 0. The topological polar surface area (TPSA) is 31.5 Å². The summed E-state index contributed by atoms with van der Waals surface area (Å²) in [6.07, 6.45) is 0. The molecule has 0 saturated heterocycles. The van der Waals surface area contributed by atoms with Gasteiger partial charge in [-0.25, -0.2) is 0 Å². The summed E-state index contributed by atoms with van der Waals surface area (Å²) < 4.78 is 0. The van der Waals surface area contributed by atoms with E-state index in [-0.39, 0.29) is 76.4 Å². The molecule has 0 heterocycles. The third-order valence-corrected chi connectivity index (χ3v) is 0. The van der Waals surface area contributed by atoms with Gasteiger partial charge in [-0.3, -0.25) is 0 Å². The quantitative estimate of drug-likeness (QED) is 0.356. The number of hydrogen-bond donors (Lipinski definition) is 0. The molecule has 0 aliphatic carbocycles. The first-order valence-corrected chi connectivity index (χ1v) is 0. The molecule has 0 aromatic heterocycles. The van der Waals surface area contributed by atoms with Gasteiger partial charge in [-0.05, 0) is 0 Å². The standard InChI is InChI=1S/Fe.Li.Mn.Ni.H2O.H/h;;;;1H2;/q;+1;;;;-1. The van der Waals surface area contributed by atoms with Gasteiger partial charge in [0.15, 0.2) is 0 Å². The number of hydrogen-bond acceptors (Lipinski definition) is 0. The Morgan fingerprint density at radius 2 is 1.20 bits per heavy atom. The average molecular weight is 195 g/mol. The van der Waals surface area contributed by atoms with Crippen LogP contribution in [-0.4, -0.2) is 5.48 Å². The zero-order chi connectivity index (χ0) is 0. The SMILES string of the molecule is O.[Fe].[H-].[Li+].[Mn].[Ni]. The van der Waals surface area contributed by atoms with Gasteiger partial charge in [0.1, 0.15) is 0 Å². The Labute approximate surface area is 75.9 Å². The summed E-state index contributed by atoms with van der Waals surface area (Å²) in [6, 6.07) is 0. The van der Waals surface area contributed by atoms with Crippen LogP contribution in [0.5, 0.6) is 0 Å². The minimum Gasteiger partial charge on any atom is -1.00 e. The van der Waals surface area contributed by atoms with Crippen molar-refractivity contribution in [3.05, 3.63) is 0 Å². The van der Waals surface area contributed by atoms with Crippen molar-refractivity contribution in [2.45, 2.75) is 0 Å². The van der Waals surface area contributed by atoms with Crippen molar-refractivity contribution in [1.82, 2.24) is 0 Å². The van der Waals surface area contributed by atoms with Gasteiger partial charge in [0.25, 0.3) is 0 Å². The molecular weight excluding hydrogens is 192 g/mol. The van der Waals surface area contributed by atoms with Crippen LogP contribution in [0.1, 0.15) is 1.43 Å². The maximum absolute atomic E-state index is 0. The summed E-state index contributed by atoms with van der Waals surface area (Å²) in [5.41, 5.74) is 0. The third-order valence-electron chi connectivity index (χ3n) is 0. The molecule has 0 bridgehead atoms. The Balaban J connectivity index is 0. The minimum atomic E-state index is 0. The first-order valence-electron chi connectivity index (χ1n) is 0. The number of rotatable bonds is 0. The van der Waals surface area contributed by atoms with Crippen LogP contribution in [-0.2, 0) is 50.6 Å². The van der Waals surface area contributed by atoms with Gasteiger partial charge in [0.2, 0.25) is 0 Å². The predicted octanol–water partition coefficient (Wildman–Crippen LogP) is -3.72. The molecule has 5 heavy (non-hydrogen) atoms. The Morgan fingerprint density at radius 1 is 1.20 bits per heavy atom. The molecule has 0 saturated carbocycles. The van der Waals surface area contributed by atoms with E-state index in [2.05, 4.69) is 0 Å². The summed E-state index contributed by atoms with van der Waals surface area (Å²) in [7, 11) is 0. The minimum absolute atomic E-state index is 0. The fourth-order valence-electron chi connectivity index (χ4n) is 0. The molecule has 0 fully saturated rings. The van der Waals surface area contributed by atoms with E-state index >= 15 is 0 Å². The first kappa shape index (κ1) is 60.2. The van der Waals surface area contributed by atoms with Crippen molar-refractivity contribution in [1.29, 1.82) is 0 Å². The van der Waals surface area contributed by atoms with Crippen molar-refractivity contribution in [3.63, 3.8) is 0 Å². The Bertz CT molecular complexity index is 15.5. The van der Waals surface area contributed by atoms with E-state index in [1.165, 1.54) is 0 Å². The van der Waals surface area contributed by atoms with Crippen molar-refractivity contribution in [2.75, 3.05) is 0 Å². The van der Waals surface area contributed by atoms with Crippen molar-refractivity contribution < 1.29 is 76.4 Å². The van der Waals surface area contributed by atoms with E-state index in [1.807, 2.05) is 0 Å². The smallest absolute Gasteiger partial charge is 1.00 e. The van der Waals surface area contributed by atoms with E-state index in [1.54, 1.807) is 0 Å². The van der Waals surface area contributed by atoms with Crippen molar-refractivity contribution >= 4 is 0 Å².